The number of furan rings is 1. The van der Waals surface area contributed by atoms with Crippen molar-refractivity contribution in [3.05, 3.63) is 36.1 Å². The molecule has 2 fully saturated rings. The topological polar surface area (TPSA) is 33.4 Å². The monoisotopic (exact) mass is 274 g/mol. The van der Waals surface area contributed by atoms with Crippen LogP contribution in [0.1, 0.15) is 37.7 Å². The summed E-state index contributed by atoms with van der Waals surface area (Å²) in [6, 6.07) is 8.03. The van der Waals surface area contributed by atoms with Gasteiger partial charge < -0.3 is 9.52 Å². The first-order chi connectivity index (χ1) is 9.24. The smallest absolute Gasteiger partial charge is 0.134 e. The van der Waals surface area contributed by atoms with E-state index in [0.29, 0.717) is 10.5 Å². The molecule has 0 spiro atoms. The van der Waals surface area contributed by atoms with Crippen LogP contribution in [0.4, 0.5) is 0 Å². The highest BCUT2D eigenvalue weighted by Crippen LogP contribution is 2.50. The number of hydrogen-bond donors (Lipinski definition) is 1. The zero-order chi connectivity index (χ0) is 12.9. The van der Waals surface area contributed by atoms with Crippen molar-refractivity contribution >= 4 is 22.7 Å². The van der Waals surface area contributed by atoms with Crippen molar-refractivity contribution in [1.82, 2.24) is 0 Å². The summed E-state index contributed by atoms with van der Waals surface area (Å²) < 4.78 is 5.62. The molecule has 19 heavy (non-hydrogen) atoms. The number of para-hydroxylation sites is 1. The molecule has 2 unspecified atom stereocenters. The lowest BCUT2D eigenvalue weighted by Gasteiger charge is -2.43. The van der Waals surface area contributed by atoms with E-state index in [9.17, 15) is 5.11 Å². The van der Waals surface area contributed by atoms with Crippen LogP contribution in [0.2, 0.25) is 0 Å². The second kappa shape index (κ2) is 4.29. The minimum Gasteiger partial charge on any atom is -0.464 e. The van der Waals surface area contributed by atoms with Crippen LogP contribution in [-0.2, 0) is 5.60 Å². The molecule has 2 nitrogen and oxygen atoms in total. The Bertz CT molecular complexity index is 592. The first-order valence-corrected chi connectivity index (χ1v) is 8.03. The Kier molecular flexibility index (Phi) is 2.68. The molecule has 0 amide bonds. The molecule has 2 aromatic rings. The molecule has 100 valence electrons. The van der Waals surface area contributed by atoms with E-state index in [1.807, 2.05) is 18.2 Å². The number of thioether (sulfide) groups is 1. The van der Waals surface area contributed by atoms with Crippen LogP contribution in [0.25, 0.3) is 11.0 Å². The molecular weight excluding hydrogens is 256 g/mol. The fourth-order valence-corrected chi connectivity index (χ4v) is 5.57. The molecule has 4 rings (SSSR count). The fourth-order valence-electron chi connectivity index (χ4n) is 3.68. The number of benzene rings is 1. The second-order valence-electron chi connectivity index (χ2n) is 5.90. The SMILES string of the molecule is OC1(c2coc3ccccc23)CC2CCCC(C1)S2. The van der Waals surface area contributed by atoms with Gasteiger partial charge in [0.25, 0.3) is 0 Å². The van der Waals surface area contributed by atoms with E-state index < -0.39 is 5.60 Å². The van der Waals surface area contributed by atoms with Crippen molar-refractivity contribution in [3.63, 3.8) is 0 Å². The number of aliphatic hydroxyl groups is 1. The molecule has 2 aliphatic heterocycles. The Morgan fingerprint density at radius 1 is 1.16 bits per heavy atom. The Morgan fingerprint density at radius 2 is 1.89 bits per heavy atom. The van der Waals surface area contributed by atoms with E-state index >= 15 is 0 Å². The largest absolute Gasteiger partial charge is 0.464 e. The van der Waals surface area contributed by atoms with Crippen LogP contribution < -0.4 is 0 Å². The van der Waals surface area contributed by atoms with Gasteiger partial charge in [-0.3, -0.25) is 0 Å². The van der Waals surface area contributed by atoms with E-state index in [1.165, 1.54) is 19.3 Å². The maximum absolute atomic E-state index is 11.2. The van der Waals surface area contributed by atoms with Crippen LogP contribution in [0.15, 0.2) is 34.9 Å². The summed E-state index contributed by atoms with van der Waals surface area (Å²) in [5.74, 6) is 0. The van der Waals surface area contributed by atoms with E-state index in [0.717, 1.165) is 29.4 Å². The third-order valence-corrected chi connectivity index (χ3v) is 6.12. The van der Waals surface area contributed by atoms with Gasteiger partial charge in [0.2, 0.25) is 0 Å². The van der Waals surface area contributed by atoms with Crippen molar-refractivity contribution in [2.75, 3.05) is 0 Å². The van der Waals surface area contributed by atoms with Gasteiger partial charge in [-0.1, -0.05) is 24.6 Å². The normalized spacial score (nSPS) is 34.6. The molecular formula is C16H18O2S. The third kappa shape index (κ3) is 1.91. The minimum atomic E-state index is -0.687. The predicted octanol–water partition coefficient (Wildman–Crippen LogP) is 4.07. The lowest BCUT2D eigenvalue weighted by molar-refractivity contribution is 0.00883. The van der Waals surface area contributed by atoms with Gasteiger partial charge in [0.15, 0.2) is 0 Å². The van der Waals surface area contributed by atoms with Gasteiger partial charge in [-0.25, -0.2) is 0 Å². The molecule has 2 atom stereocenters. The molecule has 0 radical (unpaired) electrons. The fraction of sp³-hybridized carbons (Fsp3) is 0.500. The summed E-state index contributed by atoms with van der Waals surface area (Å²) in [5.41, 5.74) is 1.20. The van der Waals surface area contributed by atoms with E-state index in [4.69, 9.17) is 4.42 Å². The van der Waals surface area contributed by atoms with Crippen LogP contribution in [-0.4, -0.2) is 15.6 Å². The van der Waals surface area contributed by atoms with Crippen molar-refractivity contribution in [3.8, 4) is 0 Å². The molecule has 1 aromatic carbocycles. The first-order valence-electron chi connectivity index (χ1n) is 7.09. The Morgan fingerprint density at radius 3 is 2.68 bits per heavy atom. The quantitative estimate of drug-likeness (QED) is 0.851. The molecule has 3 heterocycles. The molecule has 2 saturated heterocycles. The van der Waals surface area contributed by atoms with Crippen LogP contribution in [0.5, 0.6) is 0 Å². The van der Waals surface area contributed by atoms with Gasteiger partial charge >= 0.3 is 0 Å². The number of rotatable bonds is 1. The summed E-state index contributed by atoms with van der Waals surface area (Å²) in [6.45, 7) is 0. The molecule has 1 aromatic heterocycles. The minimum absolute atomic E-state index is 0.617. The van der Waals surface area contributed by atoms with Gasteiger partial charge in [0.1, 0.15) is 5.58 Å². The summed E-state index contributed by atoms with van der Waals surface area (Å²) in [7, 11) is 0. The average molecular weight is 274 g/mol. The average Bonchev–Trinajstić information content (AvgIpc) is 2.82. The zero-order valence-corrected chi connectivity index (χ0v) is 11.7. The number of hydrogen-bond acceptors (Lipinski definition) is 3. The summed E-state index contributed by atoms with van der Waals surface area (Å²) >= 11 is 2.09. The van der Waals surface area contributed by atoms with E-state index in [-0.39, 0.29) is 0 Å². The van der Waals surface area contributed by atoms with Crippen LogP contribution in [0.3, 0.4) is 0 Å². The Balaban J connectivity index is 1.78. The lowest BCUT2D eigenvalue weighted by atomic mass is 9.80. The van der Waals surface area contributed by atoms with Gasteiger partial charge in [-0.15, -0.1) is 0 Å². The van der Waals surface area contributed by atoms with Crippen molar-refractivity contribution in [1.29, 1.82) is 0 Å². The van der Waals surface area contributed by atoms with E-state index in [1.54, 1.807) is 6.26 Å². The Hall–Kier alpha value is -0.930. The molecule has 2 bridgehead atoms. The summed E-state index contributed by atoms with van der Waals surface area (Å²) in [4.78, 5) is 0. The molecule has 1 N–H and O–H groups in total. The maximum atomic E-state index is 11.2. The zero-order valence-electron chi connectivity index (χ0n) is 10.8. The summed E-state index contributed by atoms with van der Waals surface area (Å²) in [6.07, 6.45) is 7.34. The molecule has 2 aliphatic rings. The number of fused-ring (bicyclic) bond motifs is 3. The molecule has 0 saturated carbocycles. The van der Waals surface area contributed by atoms with Gasteiger partial charge in [0.05, 0.1) is 11.9 Å². The van der Waals surface area contributed by atoms with Crippen LogP contribution >= 0.6 is 11.8 Å². The first kappa shape index (κ1) is 11.9. The van der Waals surface area contributed by atoms with Crippen LogP contribution in [0, 0.1) is 0 Å². The maximum Gasteiger partial charge on any atom is 0.134 e. The van der Waals surface area contributed by atoms with Gasteiger partial charge in [0, 0.05) is 21.4 Å². The summed E-state index contributed by atoms with van der Waals surface area (Å²) in [5, 5.41) is 13.5. The molecule has 3 heteroatoms. The highest BCUT2D eigenvalue weighted by molar-refractivity contribution is 8.00. The highest BCUT2D eigenvalue weighted by atomic mass is 32.2. The molecule has 0 aliphatic carbocycles. The van der Waals surface area contributed by atoms with Gasteiger partial charge in [-0.2, -0.15) is 11.8 Å². The van der Waals surface area contributed by atoms with Crippen molar-refractivity contribution in [2.24, 2.45) is 0 Å². The third-order valence-electron chi connectivity index (χ3n) is 4.55. The Labute approximate surface area is 117 Å². The predicted molar refractivity (Wildman–Crippen MR) is 78.4 cm³/mol. The highest BCUT2D eigenvalue weighted by Gasteiger charge is 2.43. The standard InChI is InChI=1S/C16H18O2S/c17-16(8-11-4-3-5-12(9-16)19-11)14-10-18-15-7-2-1-6-13(14)15/h1-2,6-7,10-12,17H,3-5,8-9H2. The second-order valence-corrected chi connectivity index (χ2v) is 7.50. The van der Waals surface area contributed by atoms with Gasteiger partial charge in [-0.05, 0) is 31.7 Å². The lowest BCUT2D eigenvalue weighted by Crippen LogP contribution is -2.40. The van der Waals surface area contributed by atoms with E-state index in [2.05, 4.69) is 17.8 Å². The van der Waals surface area contributed by atoms with Crippen molar-refractivity contribution in [2.45, 2.75) is 48.2 Å². The van der Waals surface area contributed by atoms with Crippen molar-refractivity contribution < 1.29 is 9.52 Å².